The molecule has 102 valence electrons. The van der Waals surface area contributed by atoms with Gasteiger partial charge in [0.2, 0.25) is 0 Å². The van der Waals surface area contributed by atoms with Crippen molar-refractivity contribution in [1.82, 2.24) is 0 Å². The van der Waals surface area contributed by atoms with E-state index in [4.69, 9.17) is 0 Å². The van der Waals surface area contributed by atoms with E-state index in [1.165, 1.54) is 32.1 Å². The van der Waals surface area contributed by atoms with Crippen LogP contribution in [0.5, 0.6) is 0 Å². The minimum absolute atomic E-state index is 0.578. The zero-order chi connectivity index (χ0) is 13.3. The fraction of sp³-hybridized carbons (Fsp3) is 1.00. The standard InChI is InChI=1S/C15H28.C2H6/c1-6-8-14(3,4)13-10-15(5)9-7-12(15)11(13)2;1-2/h11-13H,6-10H2,1-5H3;1-2H3. The molecule has 2 saturated carbocycles. The molecule has 0 aromatic rings. The first kappa shape index (κ1) is 15.1. The first-order valence-electron chi connectivity index (χ1n) is 7.91. The third-order valence-electron chi connectivity index (χ3n) is 5.78. The quantitative estimate of drug-likeness (QED) is 0.573. The topological polar surface area (TPSA) is 0 Å². The summed E-state index contributed by atoms with van der Waals surface area (Å²) < 4.78 is 0. The Kier molecular flexibility index (Phi) is 4.72. The summed E-state index contributed by atoms with van der Waals surface area (Å²) in [6.07, 6.45) is 7.27. The monoisotopic (exact) mass is 238 g/mol. The zero-order valence-electron chi connectivity index (χ0n) is 13.3. The van der Waals surface area contributed by atoms with Crippen LogP contribution in [0.1, 0.15) is 80.6 Å². The number of fused-ring (bicyclic) bond motifs is 1. The molecule has 0 saturated heterocycles. The normalized spacial score (nSPS) is 40.1. The van der Waals surface area contributed by atoms with Crippen molar-refractivity contribution >= 4 is 0 Å². The van der Waals surface area contributed by atoms with E-state index in [0.29, 0.717) is 5.41 Å². The Morgan fingerprint density at radius 3 is 2.12 bits per heavy atom. The van der Waals surface area contributed by atoms with Gasteiger partial charge in [0.25, 0.3) is 0 Å². The molecule has 2 aliphatic rings. The summed E-state index contributed by atoms with van der Waals surface area (Å²) >= 11 is 0. The molecule has 2 aliphatic carbocycles. The first-order valence-corrected chi connectivity index (χ1v) is 7.91. The molecule has 0 amide bonds. The van der Waals surface area contributed by atoms with Crippen molar-refractivity contribution in [3.8, 4) is 0 Å². The minimum atomic E-state index is 0.578. The predicted octanol–water partition coefficient (Wildman–Crippen LogP) is 5.91. The van der Waals surface area contributed by atoms with Crippen LogP contribution in [0, 0.1) is 28.6 Å². The SMILES string of the molecule is CC.CCCC(C)(C)C1CC2(C)CCC2C1C. The highest BCUT2D eigenvalue weighted by Gasteiger charge is 2.56. The van der Waals surface area contributed by atoms with Crippen molar-refractivity contribution in [2.75, 3.05) is 0 Å². The van der Waals surface area contributed by atoms with Crippen molar-refractivity contribution in [2.24, 2.45) is 28.6 Å². The fourth-order valence-electron chi connectivity index (χ4n) is 4.74. The minimum Gasteiger partial charge on any atom is -0.0683 e. The molecule has 0 heterocycles. The molecule has 4 atom stereocenters. The van der Waals surface area contributed by atoms with Gasteiger partial charge in [0.15, 0.2) is 0 Å². The van der Waals surface area contributed by atoms with Crippen LogP contribution in [0.4, 0.5) is 0 Å². The van der Waals surface area contributed by atoms with Crippen LogP contribution in [0.2, 0.25) is 0 Å². The Morgan fingerprint density at radius 1 is 1.24 bits per heavy atom. The van der Waals surface area contributed by atoms with E-state index in [1.54, 1.807) is 0 Å². The van der Waals surface area contributed by atoms with Gasteiger partial charge >= 0.3 is 0 Å². The Hall–Kier alpha value is 0. The average Bonchev–Trinajstić information content (AvgIpc) is 2.42. The van der Waals surface area contributed by atoms with Gasteiger partial charge in [-0.05, 0) is 54.3 Å². The summed E-state index contributed by atoms with van der Waals surface area (Å²) in [4.78, 5) is 0. The lowest BCUT2D eigenvalue weighted by atomic mass is 9.62. The van der Waals surface area contributed by atoms with Gasteiger partial charge in [0, 0.05) is 0 Å². The van der Waals surface area contributed by atoms with E-state index in [-0.39, 0.29) is 0 Å². The lowest BCUT2D eigenvalue weighted by Crippen LogP contribution is -2.34. The van der Waals surface area contributed by atoms with E-state index in [0.717, 1.165) is 23.2 Å². The predicted molar refractivity (Wildman–Crippen MR) is 78.1 cm³/mol. The molecule has 0 radical (unpaired) electrons. The van der Waals surface area contributed by atoms with E-state index in [1.807, 2.05) is 13.8 Å². The van der Waals surface area contributed by atoms with Gasteiger partial charge < -0.3 is 0 Å². The molecule has 17 heavy (non-hydrogen) atoms. The summed E-state index contributed by atoms with van der Waals surface area (Å²) in [5.41, 5.74) is 1.31. The second-order valence-corrected chi connectivity index (χ2v) is 7.21. The van der Waals surface area contributed by atoms with Crippen molar-refractivity contribution in [2.45, 2.75) is 80.6 Å². The molecular weight excluding hydrogens is 204 g/mol. The highest BCUT2D eigenvalue weighted by atomic mass is 14.6. The molecule has 0 aromatic carbocycles. The summed E-state index contributed by atoms with van der Waals surface area (Å²) in [6.45, 7) is 16.4. The van der Waals surface area contributed by atoms with Gasteiger partial charge in [-0.1, -0.05) is 54.9 Å². The first-order chi connectivity index (χ1) is 7.91. The molecule has 2 rings (SSSR count). The average molecular weight is 238 g/mol. The fourth-order valence-corrected chi connectivity index (χ4v) is 4.74. The molecule has 0 aromatic heterocycles. The highest BCUT2D eigenvalue weighted by molar-refractivity contribution is 5.06. The molecule has 0 spiro atoms. The van der Waals surface area contributed by atoms with Crippen LogP contribution in [0.15, 0.2) is 0 Å². The van der Waals surface area contributed by atoms with Crippen molar-refractivity contribution in [1.29, 1.82) is 0 Å². The smallest absolute Gasteiger partial charge is 0.0292 e. The molecule has 4 unspecified atom stereocenters. The van der Waals surface area contributed by atoms with Crippen LogP contribution in [-0.4, -0.2) is 0 Å². The second kappa shape index (κ2) is 5.33. The van der Waals surface area contributed by atoms with Crippen molar-refractivity contribution in [3.63, 3.8) is 0 Å². The third-order valence-corrected chi connectivity index (χ3v) is 5.78. The molecule has 0 nitrogen and oxygen atoms in total. The number of hydrogen-bond acceptors (Lipinski definition) is 0. The molecule has 0 aliphatic heterocycles. The third kappa shape index (κ3) is 2.56. The van der Waals surface area contributed by atoms with Gasteiger partial charge in [0.1, 0.15) is 0 Å². The van der Waals surface area contributed by atoms with E-state index >= 15 is 0 Å². The van der Waals surface area contributed by atoms with Gasteiger partial charge in [-0.25, -0.2) is 0 Å². The lowest BCUT2D eigenvalue weighted by Gasteiger charge is -2.43. The Labute approximate surface area is 110 Å². The van der Waals surface area contributed by atoms with Crippen LogP contribution >= 0.6 is 0 Å². The van der Waals surface area contributed by atoms with Crippen LogP contribution < -0.4 is 0 Å². The van der Waals surface area contributed by atoms with Crippen LogP contribution in [0.3, 0.4) is 0 Å². The zero-order valence-corrected chi connectivity index (χ0v) is 13.3. The highest BCUT2D eigenvalue weighted by Crippen LogP contribution is 2.65. The van der Waals surface area contributed by atoms with Gasteiger partial charge in [-0.2, -0.15) is 0 Å². The van der Waals surface area contributed by atoms with Crippen molar-refractivity contribution < 1.29 is 0 Å². The Morgan fingerprint density at radius 2 is 1.82 bits per heavy atom. The lowest BCUT2D eigenvalue weighted by molar-refractivity contribution is 0.0634. The van der Waals surface area contributed by atoms with E-state index in [2.05, 4.69) is 34.6 Å². The van der Waals surface area contributed by atoms with Gasteiger partial charge in [-0.3, -0.25) is 0 Å². The van der Waals surface area contributed by atoms with E-state index in [9.17, 15) is 0 Å². The van der Waals surface area contributed by atoms with E-state index < -0.39 is 0 Å². The molecule has 0 heteroatoms. The second-order valence-electron chi connectivity index (χ2n) is 7.21. The maximum Gasteiger partial charge on any atom is -0.0292 e. The summed E-state index contributed by atoms with van der Waals surface area (Å²) in [5, 5.41) is 0. The maximum atomic E-state index is 2.54. The van der Waals surface area contributed by atoms with Gasteiger partial charge in [-0.15, -0.1) is 0 Å². The molecule has 2 fully saturated rings. The molecule has 0 N–H and O–H groups in total. The summed E-state index contributed by atoms with van der Waals surface area (Å²) in [6, 6.07) is 0. The maximum absolute atomic E-state index is 2.54. The Balaban J connectivity index is 0.000000686. The summed E-state index contributed by atoms with van der Waals surface area (Å²) in [5.74, 6) is 3.01. The largest absolute Gasteiger partial charge is 0.0683 e. The molecule has 0 bridgehead atoms. The summed E-state index contributed by atoms with van der Waals surface area (Å²) in [7, 11) is 0. The van der Waals surface area contributed by atoms with Crippen molar-refractivity contribution in [3.05, 3.63) is 0 Å². The number of rotatable bonds is 3. The van der Waals surface area contributed by atoms with Crippen LogP contribution in [-0.2, 0) is 0 Å². The van der Waals surface area contributed by atoms with Crippen LogP contribution in [0.25, 0.3) is 0 Å². The molecular formula is C17H34. The Bertz CT molecular complexity index is 240. The van der Waals surface area contributed by atoms with Gasteiger partial charge in [0.05, 0.1) is 0 Å². The number of hydrogen-bond donors (Lipinski definition) is 0.